The molecule has 1 heterocycles. The van der Waals surface area contributed by atoms with E-state index in [1.807, 2.05) is 0 Å². The van der Waals surface area contributed by atoms with E-state index in [1.54, 1.807) is 34.6 Å². The highest BCUT2D eigenvalue weighted by Gasteiger charge is 2.47. The minimum absolute atomic E-state index is 0.149. The van der Waals surface area contributed by atoms with Gasteiger partial charge in [0, 0.05) is 4.11 Å². The number of ether oxygens (including phenoxy) is 2. The number of nitrogens with zero attached hydrogens (tertiary/aromatic N) is 1. The van der Waals surface area contributed by atoms with Crippen molar-refractivity contribution >= 4 is 11.9 Å². The van der Waals surface area contributed by atoms with Crippen LogP contribution < -0.4 is 0 Å². The first-order chi connectivity index (χ1) is 8.76. The molecular weight excluding hydrogens is 222 g/mol. The smallest absolute Gasteiger partial charge is 0.413 e. The lowest BCUT2D eigenvalue weighted by molar-refractivity contribution is -0.122. The molecule has 1 rings (SSSR count). The molecule has 1 saturated heterocycles. The Morgan fingerprint density at radius 3 is 2.53 bits per heavy atom. The first kappa shape index (κ1) is 9.88. The van der Waals surface area contributed by atoms with Crippen LogP contribution in [0, 0.1) is 0 Å². The molecule has 0 N–H and O–H groups in total. The lowest BCUT2D eigenvalue weighted by Crippen LogP contribution is -2.51. The molecule has 0 saturated carbocycles. The fourth-order valence-electron chi connectivity index (χ4n) is 1.65. The van der Waals surface area contributed by atoms with Crippen molar-refractivity contribution in [2.24, 2.45) is 0 Å². The van der Waals surface area contributed by atoms with E-state index in [9.17, 15) is 9.59 Å². The van der Waals surface area contributed by atoms with Crippen molar-refractivity contribution in [3.63, 3.8) is 0 Å². The summed E-state index contributed by atoms with van der Waals surface area (Å²) in [6.45, 7) is 5.31. The molecule has 1 aliphatic heterocycles. The molecule has 1 amide bonds. The maximum Gasteiger partial charge on any atom is 0.413 e. The molecule has 1 atom stereocenters. The van der Waals surface area contributed by atoms with E-state index >= 15 is 0 Å². The first-order valence-corrected chi connectivity index (χ1v) is 5.46. The number of carbonyl (C=O) groups excluding carboxylic acids is 2. The van der Waals surface area contributed by atoms with Gasteiger partial charge in [-0.1, -0.05) is 0 Å². The van der Waals surface area contributed by atoms with Gasteiger partial charge >= 0.3 is 6.09 Å². The van der Waals surface area contributed by atoms with Crippen LogP contribution >= 0.6 is 0 Å². The predicted molar refractivity (Wildman–Crippen MR) is 62.6 cm³/mol. The Balaban J connectivity index is 3.03. The zero-order valence-corrected chi connectivity index (χ0v) is 10.9. The van der Waals surface area contributed by atoms with Crippen LogP contribution in [-0.2, 0) is 14.3 Å². The van der Waals surface area contributed by atoms with Crippen molar-refractivity contribution in [1.29, 1.82) is 0 Å². The summed E-state index contributed by atoms with van der Waals surface area (Å²) in [7, 11) is 0. The molecule has 5 nitrogen and oxygen atoms in total. The molecule has 0 spiro atoms. The summed E-state index contributed by atoms with van der Waals surface area (Å²) in [5, 5.41) is 0. The molecule has 1 fully saturated rings. The minimum atomic E-state index is -2.78. The molecule has 0 aromatic rings. The van der Waals surface area contributed by atoms with Gasteiger partial charge in [0.25, 0.3) is 0 Å². The van der Waals surface area contributed by atoms with Crippen molar-refractivity contribution in [3.8, 4) is 0 Å². The van der Waals surface area contributed by atoms with Gasteiger partial charge in [-0.25, -0.2) is 4.79 Å². The van der Waals surface area contributed by atoms with Crippen LogP contribution in [0.1, 0.15) is 45.6 Å². The highest BCUT2D eigenvalue weighted by atomic mass is 16.6. The number of Topliss-reactive ketones (excluding diaryl/α,β-unsaturated/α-hetero) is 1. The van der Waals surface area contributed by atoms with E-state index in [1.165, 1.54) is 0 Å². The molecule has 17 heavy (non-hydrogen) atoms. The van der Waals surface area contributed by atoms with Gasteiger partial charge in [-0.2, -0.15) is 0 Å². The predicted octanol–water partition coefficient (Wildman–Crippen LogP) is 1.95. The number of hydrogen-bond donors (Lipinski definition) is 0. The summed E-state index contributed by atoms with van der Waals surface area (Å²) >= 11 is 0. The molecule has 0 aromatic carbocycles. The van der Waals surface area contributed by atoms with Gasteiger partial charge in [0.2, 0.25) is 0 Å². The second-order valence-electron chi connectivity index (χ2n) is 5.49. The Bertz CT molecular complexity index is 412. The largest absolute Gasteiger partial charge is 0.444 e. The van der Waals surface area contributed by atoms with Crippen LogP contribution in [0.4, 0.5) is 4.79 Å². The number of amides is 1. The third kappa shape index (κ3) is 3.19. The van der Waals surface area contributed by atoms with Gasteiger partial charge in [-0.15, -0.1) is 0 Å². The van der Waals surface area contributed by atoms with E-state index in [0.717, 1.165) is 4.90 Å². The second kappa shape index (κ2) is 4.29. The van der Waals surface area contributed by atoms with Crippen molar-refractivity contribution in [2.75, 3.05) is 6.61 Å². The number of carbonyl (C=O) groups is 2. The third-order valence-electron chi connectivity index (χ3n) is 2.38. The summed E-state index contributed by atoms with van der Waals surface area (Å²) in [6, 6.07) is -1.16. The topological polar surface area (TPSA) is 55.8 Å². The van der Waals surface area contributed by atoms with E-state index in [2.05, 4.69) is 0 Å². The van der Waals surface area contributed by atoms with E-state index in [4.69, 9.17) is 13.6 Å². The fraction of sp³-hybridized carbons (Fsp3) is 0.833. The zero-order valence-electron chi connectivity index (χ0n) is 13.9. The van der Waals surface area contributed by atoms with Crippen LogP contribution in [0.15, 0.2) is 0 Å². The quantitative estimate of drug-likeness (QED) is 0.709. The van der Waals surface area contributed by atoms with Crippen molar-refractivity contribution in [1.82, 2.24) is 4.90 Å². The molecule has 1 aliphatic rings. The van der Waals surface area contributed by atoms with Gasteiger partial charge in [-0.05, 0) is 41.5 Å². The number of hydrogen-bond acceptors (Lipinski definition) is 4. The maximum atomic E-state index is 12.2. The molecule has 0 radical (unpaired) electrons. The van der Waals surface area contributed by atoms with Crippen molar-refractivity contribution in [2.45, 2.75) is 58.8 Å². The van der Waals surface area contributed by atoms with Crippen molar-refractivity contribution < 1.29 is 23.2 Å². The highest BCUT2D eigenvalue weighted by Crippen LogP contribution is 2.29. The fourth-order valence-corrected chi connectivity index (χ4v) is 1.65. The SMILES string of the molecule is [2H]C([2H])([2H])C(=O)[C@H]1COC(C)(C)N1C(=O)OC(C)(C)C. The van der Waals surface area contributed by atoms with Crippen LogP contribution in [0.2, 0.25) is 0 Å². The summed E-state index contributed by atoms with van der Waals surface area (Å²) in [5.41, 5.74) is -1.84. The van der Waals surface area contributed by atoms with Gasteiger partial charge in [-0.3, -0.25) is 9.69 Å². The van der Waals surface area contributed by atoms with Crippen LogP contribution in [0.3, 0.4) is 0 Å². The molecule has 0 unspecified atom stereocenters. The lowest BCUT2D eigenvalue weighted by Gasteiger charge is -2.34. The van der Waals surface area contributed by atoms with Gasteiger partial charge in [0.15, 0.2) is 5.78 Å². The average molecular weight is 246 g/mol. The Hall–Kier alpha value is -1.10. The van der Waals surface area contributed by atoms with Crippen LogP contribution in [-0.4, -0.2) is 40.8 Å². The Morgan fingerprint density at radius 1 is 1.47 bits per heavy atom. The third-order valence-corrected chi connectivity index (χ3v) is 2.38. The summed E-state index contributed by atoms with van der Waals surface area (Å²) in [6.07, 6.45) is -0.761. The van der Waals surface area contributed by atoms with Crippen LogP contribution in [0.5, 0.6) is 0 Å². The second-order valence-corrected chi connectivity index (χ2v) is 5.49. The average Bonchev–Trinajstić information content (AvgIpc) is 2.48. The molecule has 98 valence electrons. The molecule has 0 bridgehead atoms. The monoisotopic (exact) mass is 246 g/mol. The number of rotatable bonds is 1. The molecular formula is C12H21NO4. The Kier molecular flexibility index (Phi) is 2.49. The summed E-state index contributed by atoms with van der Waals surface area (Å²) in [4.78, 5) is 25.2. The standard InChI is InChI=1S/C12H21NO4/c1-8(14)9-7-16-12(5,6)13(9)10(15)17-11(2,3)4/h9H,7H2,1-6H3/t9-/m1/s1/i1D3. The summed E-state index contributed by atoms with van der Waals surface area (Å²) in [5.74, 6) is -1.02. The van der Waals surface area contributed by atoms with Crippen LogP contribution in [0.25, 0.3) is 0 Å². The van der Waals surface area contributed by atoms with E-state index < -0.39 is 36.1 Å². The van der Waals surface area contributed by atoms with Gasteiger partial charge in [0.05, 0.1) is 6.61 Å². The van der Waals surface area contributed by atoms with E-state index in [-0.39, 0.29) is 6.61 Å². The molecule has 0 aromatic heterocycles. The maximum absolute atomic E-state index is 12.2. The Morgan fingerprint density at radius 2 is 2.06 bits per heavy atom. The van der Waals surface area contributed by atoms with Gasteiger partial charge in [0.1, 0.15) is 17.4 Å². The lowest BCUT2D eigenvalue weighted by atomic mass is 10.1. The summed E-state index contributed by atoms with van der Waals surface area (Å²) < 4.78 is 32.2. The zero-order chi connectivity index (χ0) is 15.9. The van der Waals surface area contributed by atoms with E-state index in [0.29, 0.717) is 0 Å². The molecule has 0 aliphatic carbocycles. The Labute approximate surface area is 106 Å². The first-order valence-electron chi connectivity index (χ1n) is 6.96. The normalized spacial score (nSPS) is 27.0. The number of ketones is 1. The van der Waals surface area contributed by atoms with Gasteiger partial charge < -0.3 is 9.47 Å². The van der Waals surface area contributed by atoms with Crippen molar-refractivity contribution in [3.05, 3.63) is 0 Å². The highest BCUT2D eigenvalue weighted by molar-refractivity contribution is 5.86. The minimum Gasteiger partial charge on any atom is -0.444 e. The molecule has 5 heteroatoms.